The number of ether oxygens (including phenoxy) is 1. The summed E-state index contributed by atoms with van der Waals surface area (Å²) >= 11 is 5.83. The molecule has 3 nitrogen and oxygen atoms in total. The van der Waals surface area contributed by atoms with Gasteiger partial charge >= 0.3 is 5.97 Å². The zero-order valence-electron chi connectivity index (χ0n) is 10.7. The first-order valence-corrected chi connectivity index (χ1v) is 6.66. The van der Waals surface area contributed by atoms with Crippen LogP contribution in [0.25, 0.3) is 0 Å². The molecule has 0 aliphatic carbocycles. The molecular formula is C14H20ClNO2. The molecule has 0 aliphatic heterocycles. The fraction of sp³-hybridized carbons (Fsp3) is 0.500. The molecule has 18 heavy (non-hydrogen) atoms. The van der Waals surface area contributed by atoms with Crippen LogP contribution in [0.4, 0.5) is 0 Å². The van der Waals surface area contributed by atoms with E-state index in [0.29, 0.717) is 24.6 Å². The molecule has 1 aromatic carbocycles. The Kier molecular flexibility index (Phi) is 6.76. The Balaban J connectivity index is 2.51. The SMILES string of the molecule is CCCCOC(=O)C[C@@H](CN)c1ccc(Cl)cc1. The maximum Gasteiger partial charge on any atom is 0.306 e. The third-order valence-electron chi connectivity index (χ3n) is 2.80. The van der Waals surface area contributed by atoms with Crippen LogP contribution in [0.1, 0.15) is 37.7 Å². The summed E-state index contributed by atoms with van der Waals surface area (Å²) in [7, 11) is 0. The van der Waals surface area contributed by atoms with E-state index in [9.17, 15) is 4.79 Å². The highest BCUT2D eigenvalue weighted by molar-refractivity contribution is 6.30. The van der Waals surface area contributed by atoms with Gasteiger partial charge < -0.3 is 10.5 Å². The van der Waals surface area contributed by atoms with Crippen LogP contribution < -0.4 is 5.73 Å². The van der Waals surface area contributed by atoms with Gasteiger partial charge in [-0.1, -0.05) is 37.1 Å². The normalized spacial score (nSPS) is 12.2. The van der Waals surface area contributed by atoms with Gasteiger partial charge in [0.2, 0.25) is 0 Å². The number of halogens is 1. The van der Waals surface area contributed by atoms with Crippen LogP contribution in [-0.2, 0) is 9.53 Å². The summed E-state index contributed by atoms with van der Waals surface area (Å²) in [5.41, 5.74) is 6.73. The Morgan fingerprint density at radius 2 is 2.06 bits per heavy atom. The molecule has 1 rings (SSSR count). The number of nitrogens with two attached hydrogens (primary N) is 1. The van der Waals surface area contributed by atoms with Gasteiger partial charge in [0.15, 0.2) is 0 Å². The summed E-state index contributed by atoms with van der Waals surface area (Å²) in [5, 5.41) is 0.681. The Hall–Kier alpha value is -1.06. The molecule has 4 heteroatoms. The largest absolute Gasteiger partial charge is 0.466 e. The van der Waals surface area contributed by atoms with Gasteiger partial charge in [-0.15, -0.1) is 0 Å². The minimum Gasteiger partial charge on any atom is -0.466 e. The number of hydrogen-bond acceptors (Lipinski definition) is 3. The number of hydrogen-bond donors (Lipinski definition) is 1. The molecule has 1 atom stereocenters. The monoisotopic (exact) mass is 269 g/mol. The Bertz CT molecular complexity index is 365. The van der Waals surface area contributed by atoms with Crippen LogP contribution in [0.2, 0.25) is 5.02 Å². The Morgan fingerprint density at radius 3 is 2.61 bits per heavy atom. The smallest absolute Gasteiger partial charge is 0.306 e. The van der Waals surface area contributed by atoms with E-state index in [1.54, 1.807) is 0 Å². The van der Waals surface area contributed by atoms with E-state index in [4.69, 9.17) is 22.1 Å². The van der Waals surface area contributed by atoms with Crippen molar-refractivity contribution in [2.45, 2.75) is 32.1 Å². The number of carbonyl (C=O) groups excluding carboxylic acids is 1. The van der Waals surface area contributed by atoms with Crippen LogP contribution in [0.15, 0.2) is 24.3 Å². The minimum absolute atomic E-state index is 0.00334. The van der Waals surface area contributed by atoms with Crippen LogP contribution in [0.5, 0.6) is 0 Å². The molecule has 0 bridgehead atoms. The second kappa shape index (κ2) is 8.11. The quantitative estimate of drug-likeness (QED) is 0.611. The average molecular weight is 270 g/mol. The lowest BCUT2D eigenvalue weighted by molar-refractivity contribution is -0.144. The van der Waals surface area contributed by atoms with Gasteiger partial charge in [-0.3, -0.25) is 4.79 Å². The number of carbonyl (C=O) groups is 1. The van der Waals surface area contributed by atoms with E-state index in [-0.39, 0.29) is 11.9 Å². The molecular weight excluding hydrogens is 250 g/mol. The van der Waals surface area contributed by atoms with Crippen molar-refractivity contribution >= 4 is 17.6 Å². The predicted octanol–water partition coefficient (Wildman–Crippen LogP) is 3.12. The molecule has 0 heterocycles. The maximum atomic E-state index is 11.6. The summed E-state index contributed by atoms with van der Waals surface area (Å²) in [4.78, 5) is 11.6. The molecule has 0 fully saturated rings. The summed E-state index contributed by atoms with van der Waals surface area (Å²) in [6.07, 6.45) is 2.24. The van der Waals surface area contributed by atoms with Gasteiger partial charge in [-0.25, -0.2) is 0 Å². The average Bonchev–Trinajstić information content (AvgIpc) is 2.37. The molecule has 0 amide bonds. The third-order valence-corrected chi connectivity index (χ3v) is 3.05. The fourth-order valence-corrected chi connectivity index (χ4v) is 1.79. The summed E-state index contributed by atoms with van der Waals surface area (Å²) in [6.45, 7) is 2.97. The predicted molar refractivity (Wildman–Crippen MR) is 73.7 cm³/mol. The number of unbranched alkanes of at least 4 members (excludes halogenated alkanes) is 1. The topological polar surface area (TPSA) is 52.3 Å². The zero-order chi connectivity index (χ0) is 13.4. The molecule has 0 saturated carbocycles. The van der Waals surface area contributed by atoms with E-state index in [1.165, 1.54) is 0 Å². The van der Waals surface area contributed by atoms with E-state index < -0.39 is 0 Å². The molecule has 0 spiro atoms. The second-order valence-corrected chi connectivity index (χ2v) is 4.70. The highest BCUT2D eigenvalue weighted by Gasteiger charge is 2.15. The first-order valence-electron chi connectivity index (χ1n) is 6.28. The Morgan fingerprint density at radius 1 is 1.39 bits per heavy atom. The summed E-state index contributed by atoms with van der Waals surface area (Å²) in [5.74, 6) is -0.190. The van der Waals surface area contributed by atoms with Gasteiger partial charge in [0.25, 0.3) is 0 Å². The molecule has 2 N–H and O–H groups in total. The molecule has 0 radical (unpaired) electrons. The lowest BCUT2D eigenvalue weighted by Gasteiger charge is -2.14. The number of rotatable bonds is 7. The van der Waals surface area contributed by atoms with Crippen LogP contribution >= 0.6 is 11.6 Å². The molecule has 0 aromatic heterocycles. The van der Waals surface area contributed by atoms with Crippen LogP contribution in [0, 0.1) is 0 Å². The minimum atomic E-state index is -0.186. The summed E-state index contributed by atoms with van der Waals surface area (Å²) < 4.78 is 5.14. The van der Waals surface area contributed by atoms with Crippen molar-refractivity contribution < 1.29 is 9.53 Å². The van der Waals surface area contributed by atoms with Crippen molar-refractivity contribution in [3.8, 4) is 0 Å². The zero-order valence-corrected chi connectivity index (χ0v) is 11.5. The van der Waals surface area contributed by atoms with Gasteiger partial charge in [0.05, 0.1) is 13.0 Å². The van der Waals surface area contributed by atoms with E-state index >= 15 is 0 Å². The first kappa shape index (κ1) is 15.0. The van der Waals surface area contributed by atoms with Gasteiger partial charge in [-0.2, -0.15) is 0 Å². The van der Waals surface area contributed by atoms with Crippen molar-refractivity contribution in [1.29, 1.82) is 0 Å². The van der Waals surface area contributed by atoms with Gasteiger partial charge in [0, 0.05) is 10.9 Å². The number of benzene rings is 1. The molecule has 0 aliphatic rings. The van der Waals surface area contributed by atoms with Crippen LogP contribution in [-0.4, -0.2) is 19.1 Å². The Labute approximate surface area is 113 Å². The van der Waals surface area contributed by atoms with Gasteiger partial charge in [0.1, 0.15) is 0 Å². The van der Waals surface area contributed by atoms with Crippen molar-refractivity contribution in [3.63, 3.8) is 0 Å². The lowest BCUT2D eigenvalue weighted by Crippen LogP contribution is -2.18. The highest BCUT2D eigenvalue weighted by Crippen LogP contribution is 2.21. The van der Waals surface area contributed by atoms with Crippen LogP contribution in [0.3, 0.4) is 0 Å². The van der Waals surface area contributed by atoms with Crippen molar-refractivity contribution in [2.75, 3.05) is 13.2 Å². The maximum absolute atomic E-state index is 11.6. The fourth-order valence-electron chi connectivity index (χ4n) is 1.66. The highest BCUT2D eigenvalue weighted by atomic mass is 35.5. The van der Waals surface area contributed by atoms with E-state index in [2.05, 4.69) is 6.92 Å². The summed E-state index contributed by atoms with van der Waals surface area (Å²) in [6, 6.07) is 7.42. The third kappa shape index (κ3) is 5.07. The second-order valence-electron chi connectivity index (χ2n) is 4.26. The standard InChI is InChI=1S/C14H20ClNO2/c1-2-3-8-18-14(17)9-12(10-16)11-4-6-13(15)7-5-11/h4-7,12H,2-3,8-10,16H2,1H3/t12-/m0/s1. The van der Waals surface area contributed by atoms with E-state index in [1.807, 2.05) is 24.3 Å². The number of esters is 1. The molecule has 100 valence electrons. The lowest BCUT2D eigenvalue weighted by atomic mass is 9.96. The van der Waals surface area contributed by atoms with Gasteiger partial charge in [-0.05, 0) is 30.7 Å². The van der Waals surface area contributed by atoms with Crippen molar-refractivity contribution in [1.82, 2.24) is 0 Å². The molecule has 1 aromatic rings. The first-order chi connectivity index (χ1) is 8.67. The van der Waals surface area contributed by atoms with Crippen molar-refractivity contribution in [3.05, 3.63) is 34.9 Å². The van der Waals surface area contributed by atoms with Crippen molar-refractivity contribution in [2.24, 2.45) is 5.73 Å². The molecule has 0 unspecified atom stereocenters. The van der Waals surface area contributed by atoms with E-state index in [0.717, 1.165) is 18.4 Å². The molecule has 0 saturated heterocycles.